The number of aryl methyl sites for hydroxylation is 1. The third-order valence-corrected chi connectivity index (χ3v) is 7.38. The molecule has 36 heavy (non-hydrogen) atoms. The van der Waals surface area contributed by atoms with E-state index in [0.29, 0.717) is 35.0 Å². The van der Waals surface area contributed by atoms with Gasteiger partial charge in [0.25, 0.3) is 0 Å². The van der Waals surface area contributed by atoms with Crippen LogP contribution in [0.25, 0.3) is 0 Å². The molecule has 8 heteroatoms. The predicted molar refractivity (Wildman–Crippen MR) is 133 cm³/mol. The summed E-state index contributed by atoms with van der Waals surface area (Å²) >= 11 is 0. The van der Waals surface area contributed by atoms with Crippen molar-refractivity contribution >= 4 is 35.1 Å². The maximum absolute atomic E-state index is 13.0. The number of imide groups is 1. The molecule has 188 valence electrons. The molecule has 3 amide bonds. The van der Waals surface area contributed by atoms with Crippen LogP contribution < -0.4 is 19.3 Å². The molecule has 0 bridgehead atoms. The first kappa shape index (κ1) is 24.0. The Balaban J connectivity index is 1.28. The fourth-order valence-electron chi connectivity index (χ4n) is 5.60. The predicted octanol–water partition coefficient (Wildman–Crippen LogP) is 4.03. The number of ether oxygens (including phenoxy) is 2. The number of carbonyl (C=O) groups excluding carboxylic acids is 4. The molecule has 3 fully saturated rings. The minimum Gasteiger partial charge on any atom is -0.492 e. The van der Waals surface area contributed by atoms with Crippen molar-refractivity contribution in [2.75, 3.05) is 23.0 Å². The van der Waals surface area contributed by atoms with Gasteiger partial charge < -0.3 is 14.4 Å². The van der Waals surface area contributed by atoms with E-state index in [4.69, 9.17) is 9.47 Å². The fraction of sp³-hybridized carbons (Fsp3) is 0.429. The van der Waals surface area contributed by atoms with Crippen molar-refractivity contribution in [3.05, 3.63) is 48.0 Å². The Labute approximate surface area is 210 Å². The van der Waals surface area contributed by atoms with E-state index in [2.05, 4.69) is 0 Å². The number of nitrogens with zero attached hydrogens (tertiary/aromatic N) is 2. The molecular weight excluding hydrogens is 460 g/mol. The highest BCUT2D eigenvalue weighted by Gasteiger charge is 2.49. The number of anilines is 2. The third kappa shape index (κ3) is 4.25. The lowest BCUT2D eigenvalue weighted by Gasteiger charge is -2.20. The van der Waals surface area contributed by atoms with Crippen LogP contribution in [0.4, 0.5) is 11.4 Å². The highest BCUT2D eigenvalue weighted by molar-refractivity contribution is 6.22. The van der Waals surface area contributed by atoms with Crippen LogP contribution in [0.1, 0.15) is 44.6 Å². The molecule has 2 saturated heterocycles. The van der Waals surface area contributed by atoms with Crippen LogP contribution in [0.15, 0.2) is 42.5 Å². The van der Waals surface area contributed by atoms with Crippen molar-refractivity contribution < 1.29 is 28.7 Å². The van der Waals surface area contributed by atoms with Crippen LogP contribution in [0.2, 0.25) is 0 Å². The summed E-state index contributed by atoms with van der Waals surface area (Å²) in [5.74, 6) is -1.06. The summed E-state index contributed by atoms with van der Waals surface area (Å²) in [7, 11) is 0. The van der Waals surface area contributed by atoms with E-state index in [0.717, 1.165) is 25.7 Å². The minimum absolute atomic E-state index is 0.0515. The molecule has 2 aliphatic heterocycles. The maximum atomic E-state index is 13.0. The van der Waals surface area contributed by atoms with Gasteiger partial charge >= 0.3 is 5.97 Å². The Kier molecular flexibility index (Phi) is 6.51. The summed E-state index contributed by atoms with van der Waals surface area (Å²) in [6.07, 6.45) is 3.51. The summed E-state index contributed by atoms with van der Waals surface area (Å²) in [5, 5.41) is 0. The van der Waals surface area contributed by atoms with Crippen LogP contribution in [-0.2, 0) is 19.2 Å². The quantitative estimate of drug-likeness (QED) is 0.345. The molecule has 2 aromatic carbocycles. The molecule has 3 aliphatic rings. The number of esters is 1. The summed E-state index contributed by atoms with van der Waals surface area (Å²) in [6.45, 7) is 4.34. The Bertz CT molecular complexity index is 1200. The van der Waals surface area contributed by atoms with E-state index in [9.17, 15) is 19.2 Å². The summed E-state index contributed by atoms with van der Waals surface area (Å²) < 4.78 is 11.3. The van der Waals surface area contributed by atoms with Gasteiger partial charge in [-0.3, -0.25) is 19.2 Å². The molecule has 0 spiro atoms. The van der Waals surface area contributed by atoms with E-state index < -0.39 is 11.9 Å². The first-order chi connectivity index (χ1) is 17.4. The first-order valence-corrected chi connectivity index (χ1v) is 12.6. The molecule has 1 aliphatic carbocycles. The number of hydrogen-bond donors (Lipinski definition) is 0. The van der Waals surface area contributed by atoms with Gasteiger partial charge in [0.1, 0.15) is 11.5 Å². The smallest absolute Gasteiger partial charge is 0.316 e. The lowest BCUT2D eigenvalue weighted by Crippen LogP contribution is -2.31. The number of amides is 3. The summed E-state index contributed by atoms with van der Waals surface area (Å²) in [5.41, 5.74) is 1.85. The van der Waals surface area contributed by atoms with Gasteiger partial charge in [-0.15, -0.1) is 0 Å². The maximum Gasteiger partial charge on any atom is 0.316 e. The molecule has 0 unspecified atom stereocenters. The third-order valence-electron chi connectivity index (χ3n) is 7.38. The molecule has 5 rings (SSSR count). The number of carbonyl (C=O) groups is 4. The zero-order chi connectivity index (χ0) is 25.4. The number of para-hydroxylation sites is 2. The van der Waals surface area contributed by atoms with Crippen molar-refractivity contribution in [1.82, 2.24) is 0 Å². The Hall–Kier alpha value is -3.68. The van der Waals surface area contributed by atoms with Gasteiger partial charge in [0, 0.05) is 13.0 Å². The standard InChI is InChI=1S/C28H30N2O6/c1-3-35-24-11-7-6-10-23(24)29-16-18(15-25(29)31)28(34)36-19-12-13-22(17(2)14-19)30-26(32)20-8-4-5-9-21(20)27(30)33/h6-7,10-14,18,20-21H,3-5,8-9,15-16H2,1-2H3/t18-,20-,21-/m1/s1. The summed E-state index contributed by atoms with van der Waals surface area (Å²) in [6, 6.07) is 12.2. The molecule has 0 radical (unpaired) electrons. The molecule has 3 atom stereocenters. The van der Waals surface area contributed by atoms with Crippen LogP contribution in [0, 0.1) is 24.7 Å². The number of benzene rings is 2. The van der Waals surface area contributed by atoms with Gasteiger partial charge in [0.2, 0.25) is 17.7 Å². The van der Waals surface area contributed by atoms with E-state index in [1.165, 1.54) is 4.90 Å². The number of rotatable bonds is 6. The van der Waals surface area contributed by atoms with Crippen LogP contribution >= 0.6 is 0 Å². The van der Waals surface area contributed by atoms with Gasteiger partial charge in [-0.2, -0.15) is 0 Å². The van der Waals surface area contributed by atoms with Crippen molar-refractivity contribution in [1.29, 1.82) is 0 Å². The van der Waals surface area contributed by atoms with Crippen LogP contribution in [0.5, 0.6) is 11.5 Å². The summed E-state index contributed by atoms with van der Waals surface area (Å²) in [4.78, 5) is 54.4. The number of hydrogen-bond acceptors (Lipinski definition) is 6. The minimum atomic E-state index is -0.614. The Morgan fingerprint density at radius 1 is 0.972 bits per heavy atom. The topological polar surface area (TPSA) is 93.2 Å². The van der Waals surface area contributed by atoms with Gasteiger partial charge in [-0.05, 0) is 62.6 Å². The highest BCUT2D eigenvalue weighted by atomic mass is 16.5. The molecule has 0 aromatic heterocycles. The van der Waals surface area contributed by atoms with E-state index in [1.54, 1.807) is 42.2 Å². The van der Waals surface area contributed by atoms with Crippen molar-refractivity contribution in [3.63, 3.8) is 0 Å². The van der Waals surface area contributed by atoms with Gasteiger partial charge in [0.15, 0.2) is 0 Å². The Morgan fingerprint density at radius 3 is 2.33 bits per heavy atom. The molecule has 2 heterocycles. The number of fused-ring (bicyclic) bond motifs is 1. The SMILES string of the molecule is CCOc1ccccc1N1C[C@H](C(=O)Oc2ccc(N3C(=O)[C@@H]4CCCC[C@H]4C3=O)c(C)c2)CC1=O. The second kappa shape index (κ2) is 9.76. The second-order valence-electron chi connectivity index (χ2n) is 9.68. The molecule has 8 nitrogen and oxygen atoms in total. The van der Waals surface area contributed by atoms with Crippen molar-refractivity contribution in [2.24, 2.45) is 17.8 Å². The van der Waals surface area contributed by atoms with E-state index in [1.807, 2.05) is 19.1 Å². The van der Waals surface area contributed by atoms with Crippen molar-refractivity contribution in [2.45, 2.75) is 46.0 Å². The zero-order valence-corrected chi connectivity index (χ0v) is 20.6. The fourth-order valence-corrected chi connectivity index (χ4v) is 5.60. The van der Waals surface area contributed by atoms with Crippen molar-refractivity contribution in [3.8, 4) is 11.5 Å². The molecule has 1 saturated carbocycles. The first-order valence-electron chi connectivity index (χ1n) is 12.6. The molecular formula is C28H30N2O6. The molecule has 2 aromatic rings. The molecule has 0 N–H and O–H groups in total. The van der Waals surface area contributed by atoms with Gasteiger partial charge in [-0.25, -0.2) is 4.90 Å². The largest absolute Gasteiger partial charge is 0.492 e. The van der Waals surface area contributed by atoms with Gasteiger partial charge in [0.05, 0.1) is 35.7 Å². The normalized spacial score (nSPS) is 23.7. The van der Waals surface area contributed by atoms with E-state index in [-0.39, 0.29) is 42.5 Å². The average Bonchev–Trinajstić information content (AvgIpc) is 3.38. The lowest BCUT2D eigenvalue weighted by atomic mass is 9.81. The van der Waals surface area contributed by atoms with E-state index >= 15 is 0 Å². The van der Waals surface area contributed by atoms with Crippen LogP contribution in [-0.4, -0.2) is 36.8 Å². The highest BCUT2D eigenvalue weighted by Crippen LogP contribution is 2.41. The Morgan fingerprint density at radius 2 is 1.67 bits per heavy atom. The lowest BCUT2D eigenvalue weighted by molar-refractivity contribution is -0.139. The monoisotopic (exact) mass is 490 g/mol. The van der Waals surface area contributed by atoms with Crippen LogP contribution in [0.3, 0.4) is 0 Å². The van der Waals surface area contributed by atoms with Gasteiger partial charge in [-0.1, -0.05) is 25.0 Å². The average molecular weight is 491 g/mol. The zero-order valence-electron chi connectivity index (χ0n) is 20.6. The second-order valence-corrected chi connectivity index (χ2v) is 9.68.